The van der Waals surface area contributed by atoms with Crippen molar-refractivity contribution in [1.29, 1.82) is 0 Å². The molecule has 0 spiro atoms. The Morgan fingerprint density at radius 1 is 0.453 bits per heavy atom. The van der Waals surface area contributed by atoms with Gasteiger partial charge in [0.15, 0.2) is 0 Å². The third-order valence-electron chi connectivity index (χ3n) is 11.3. The van der Waals surface area contributed by atoms with E-state index in [4.69, 9.17) is 4.74 Å². The largest absolute Gasteiger partial charge is 0.458 e. The molecule has 10 aromatic rings. The molecule has 0 radical (unpaired) electrons. The van der Waals surface area contributed by atoms with E-state index in [-0.39, 0.29) is 6.71 Å². The van der Waals surface area contributed by atoms with Gasteiger partial charge in [0.25, 0.3) is 6.71 Å². The lowest BCUT2D eigenvalue weighted by Crippen LogP contribution is -2.58. The molecule has 0 saturated heterocycles. The van der Waals surface area contributed by atoms with E-state index >= 15 is 0 Å². The summed E-state index contributed by atoms with van der Waals surface area (Å²) in [6.07, 6.45) is 0. The third-order valence-corrected chi connectivity index (χ3v) is 11.3. The van der Waals surface area contributed by atoms with Crippen molar-refractivity contribution >= 4 is 83.8 Å². The van der Waals surface area contributed by atoms with Gasteiger partial charge in [-0.2, -0.15) is 0 Å². The van der Waals surface area contributed by atoms with Gasteiger partial charge in [0.05, 0.1) is 27.8 Å². The molecule has 0 N–H and O–H groups in total. The summed E-state index contributed by atoms with van der Waals surface area (Å²) in [5.41, 5.74) is 14.1. The van der Waals surface area contributed by atoms with Crippen LogP contribution >= 0.6 is 0 Å². The minimum absolute atomic E-state index is 0.0369. The molecule has 4 nitrogen and oxygen atoms in total. The first-order valence-electron chi connectivity index (χ1n) is 18.2. The highest BCUT2D eigenvalue weighted by Crippen LogP contribution is 2.49. The molecule has 2 aliphatic rings. The van der Waals surface area contributed by atoms with Gasteiger partial charge in [-0.25, -0.2) is 0 Å². The maximum absolute atomic E-state index is 6.97. The number of anilines is 3. The van der Waals surface area contributed by atoms with Crippen LogP contribution in [0.15, 0.2) is 182 Å². The molecule has 0 atom stereocenters. The summed E-state index contributed by atoms with van der Waals surface area (Å²) in [4.78, 5) is 2.40. The van der Waals surface area contributed by atoms with Gasteiger partial charge in [0.2, 0.25) is 0 Å². The average Bonchev–Trinajstić information content (AvgIpc) is 3.73. The number of hydrogen-bond acceptors (Lipinski definition) is 2. The van der Waals surface area contributed by atoms with Crippen molar-refractivity contribution < 1.29 is 4.74 Å². The van der Waals surface area contributed by atoms with Crippen LogP contribution in [0.25, 0.3) is 55.0 Å². The number of para-hydroxylation sites is 6. The first-order chi connectivity index (χ1) is 26.3. The van der Waals surface area contributed by atoms with Gasteiger partial charge in [-0.05, 0) is 83.1 Å². The highest BCUT2D eigenvalue weighted by Gasteiger charge is 2.42. The van der Waals surface area contributed by atoms with Crippen LogP contribution in [0.2, 0.25) is 0 Å². The molecule has 0 fully saturated rings. The fraction of sp³-hybridized carbons (Fsp3) is 0. The molecule has 8 aromatic carbocycles. The van der Waals surface area contributed by atoms with Gasteiger partial charge in [-0.15, -0.1) is 0 Å². The molecule has 0 amide bonds. The molecule has 12 rings (SSSR count). The van der Waals surface area contributed by atoms with Crippen LogP contribution in [-0.2, 0) is 0 Å². The summed E-state index contributed by atoms with van der Waals surface area (Å²) in [6.45, 7) is 0.0369. The zero-order chi connectivity index (χ0) is 34.6. The lowest BCUT2D eigenvalue weighted by molar-refractivity contribution is 0.488. The molecule has 0 bridgehead atoms. The number of nitrogens with zero attached hydrogens (tertiary/aromatic N) is 3. The second-order valence-corrected chi connectivity index (χ2v) is 14.1. The Morgan fingerprint density at radius 2 is 1.08 bits per heavy atom. The highest BCUT2D eigenvalue weighted by molar-refractivity contribution is 6.99. The Balaban J connectivity index is 1.31. The molecule has 0 unspecified atom stereocenters. The number of fused-ring (bicyclic) bond motifs is 11. The molecular formula is C48H30BN3O. The molecule has 4 heterocycles. The maximum atomic E-state index is 6.97. The summed E-state index contributed by atoms with van der Waals surface area (Å²) >= 11 is 0. The first kappa shape index (κ1) is 28.7. The van der Waals surface area contributed by atoms with E-state index in [0.29, 0.717) is 0 Å². The lowest BCUT2D eigenvalue weighted by Gasteiger charge is -2.34. The van der Waals surface area contributed by atoms with E-state index in [1.165, 1.54) is 65.7 Å². The topological polar surface area (TPSA) is 22.3 Å². The van der Waals surface area contributed by atoms with E-state index in [9.17, 15) is 0 Å². The summed E-state index contributed by atoms with van der Waals surface area (Å²) in [6, 6.07) is 65.7. The van der Waals surface area contributed by atoms with E-state index in [2.05, 4.69) is 196 Å². The van der Waals surface area contributed by atoms with Gasteiger partial charge in [0.1, 0.15) is 11.5 Å². The Morgan fingerprint density at radius 3 is 1.85 bits per heavy atom. The summed E-state index contributed by atoms with van der Waals surface area (Å²) in [5.74, 6) is 1.81. The van der Waals surface area contributed by atoms with Crippen molar-refractivity contribution in [2.24, 2.45) is 0 Å². The van der Waals surface area contributed by atoms with E-state index < -0.39 is 0 Å². The number of hydrogen-bond donors (Lipinski definition) is 0. The summed E-state index contributed by atoms with van der Waals surface area (Å²) in [5, 5.41) is 4.90. The van der Waals surface area contributed by atoms with Crippen molar-refractivity contribution in [2.45, 2.75) is 0 Å². The molecule has 53 heavy (non-hydrogen) atoms. The third kappa shape index (κ3) is 3.91. The van der Waals surface area contributed by atoms with Crippen LogP contribution in [0.3, 0.4) is 0 Å². The normalized spacial score (nSPS) is 12.6. The first-order valence-corrected chi connectivity index (χ1v) is 18.2. The van der Waals surface area contributed by atoms with Crippen LogP contribution in [0.1, 0.15) is 0 Å². The van der Waals surface area contributed by atoms with E-state index in [0.717, 1.165) is 34.2 Å². The van der Waals surface area contributed by atoms with Crippen LogP contribution in [-0.4, -0.2) is 15.8 Å². The fourth-order valence-corrected chi connectivity index (χ4v) is 9.23. The average molecular weight is 676 g/mol. The van der Waals surface area contributed by atoms with Crippen molar-refractivity contribution in [2.75, 3.05) is 4.90 Å². The molecule has 2 aliphatic heterocycles. The standard InChI is InChI=1S/C48H30BN3O/c1-4-16-31(17-5-1)50(32-18-6-2-7-19-32)43-30-45-47-48-46(43)36-28-35-34-22-10-13-25-39(34)51(33-20-8-3-9-21-33)41(35)29-42(36)52(48)40-26-14-11-23-37(40)49(47)38-24-12-15-27-44(38)53-45/h1-30H. The Hall–Kier alpha value is -6.98. The van der Waals surface area contributed by atoms with Gasteiger partial charge in [-0.1, -0.05) is 109 Å². The van der Waals surface area contributed by atoms with Crippen molar-refractivity contribution in [1.82, 2.24) is 9.13 Å². The number of rotatable bonds is 4. The summed E-state index contributed by atoms with van der Waals surface area (Å²) in [7, 11) is 0. The Labute approximate surface area is 306 Å². The van der Waals surface area contributed by atoms with E-state index in [1.54, 1.807) is 0 Å². The van der Waals surface area contributed by atoms with Gasteiger partial charge in [-0.3, -0.25) is 0 Å². The SMILES string of the molecule is c1ccc(N(c2ccccc2)c2cc3c4c5c2c2cc6c7ccccc7n(-c7ccccc7)c6cc2n5-c2ccccc2B4c2ccccc2O3)cc1. The molecule has 0 aliphatic carbocycles. The van der Waals surface area contributed by atoms with Crippen LogP contribution < -0.4 is 26.0 Å². The van der Waals surface area contributed by atoms with Crippen molar-refractivity contribution in [3.63, 3.8) is 0 Å². The predicted molar refractivity (Wildman–Crippen MR) is 221 cm³/mol. The van der Waals surface area contributed by atoms with E-state index in [1.807, 2.05) is 0 Å². The zero-order valence-electron chi connectivity index (χ0n) is 28.6. The van der Waals surface area contributed by atoms with Gasteiger partial charge in [0, 0.05) is 50.4 Å². The molecule has 5 heteroatoms. The quantitative estimate of drug-likeness (QED) is 0.173. The molecule has 2 aromatic heterocycles. The van der Waals surface area contributed by atoms with Crippen LogP contribution in [0, 0.1) is 0 Å². The number of aromatic nitrogens is 2. The van der Waals surface area contributed by atoms with Crippen LogP contribution in [0.4, 0.5) is 17.1 Å². The van der Waals surface area contributed by atoms with Crippen LogP contribution in [0.5, 0.6) is 11.5 Å². The lowest BCUT2D eigenvalue weighted by atomic mass is 9.34. The molecule has 0 saturated carbocycles. The second kappa shape index (κ2) is 10.8. The van der Waals surface area contributed by atoms with Gasteiger partial charge >= 0.3 is 0 Å². The maximum Gasteiger partial charge on any atom is 0.256 e. The van der Waals surface area contributed by atoms with Crippen molar-refractivity contribution in [3.05, 3.63) is 182 Å². The molecular weight excluding hydrogens is 645 g/mol. The Bertz CT molecular complexity index is 3050. The smallest absolute Gasteiger partial charge is 0.256 e. The number of benzene rings is 8. The second-order valence-electron chi connectivity index (χ2n) is 14.1. The molecule has 246 valence electrons. The van der Waals surface area contributed by atoms with Crippen molar-refractivity contribution in [3.8, 4) is 22.9 Å². The number of ether oxygens (including phenoxy) is 1. The predicted octanol–water partition coefficient (Wildman–Crippen LogP) is 10.3. The Kier molecular flexibility index (Phi) is 5.83. The highest BCUT2D eigenvalue weighted by atomic mass is 16.5. The minimum atomic E-state index is 0.0369. The minimum Gasteiger partial charge on any atom is -0.458 e. The zero-order valence-corrected chi connectivity index (χ0v) is 28.6. The monoisotopic (exact) mass is 675 g/mol. The van der Waals surface area contributed by atoms with Gasteiger partial charge < -0.3 is 18.8 Å². The fourth-order valence-electron chi connectivity index (χ4n) is 9.23. The summed E-state index contributed by atoms with van der Waals surface area (Å²) < 4.78 is 11.9.